The van der Waals surface area contributed by atoms with E-state index in [-0.39, 0.29) is 0 Å². The van der Waals surface area contributed by atoms with Gasteiger partial charge in [0.1, 0.15) is 17.4 Å². The second kappa shape index (κ2) is 4.11. The molecule has 1 aliphatic heterocycles. The van der Waals surface area contributed by atoms with Gasteiger partial charge in [-0.15, -0.1) is 0 Å². The van der Waals surface area contributed by atoms with Gasteiger partial charge in [0.05, 0.1) is 5.60 Å². The SMILES string of the molecule is Cc1ccc2oc(C(O)C3(C)CCCO3)cc2c1. The molecule has 0 bridgehead atoms. The molecule has 2 unspecified atom stereocenters. The Balaban J connectivity index is 1.98. The molecule has 3 heteroatoms. The molecule has 2 aromatic rings. The second-order valence-electron chi connectivity index (χ2n) is 5.36. The van der Waals surface area contributed by atoms with Crippen molar-refractivity contribution in [1.82, 2.24) is 0 Å². The Morgan fingerprint density at radius 1 is 1.33 bits per heavy atom. The topological polar surface area (TPSA) is 42.6 Å². The summed E-state index contributed by atoms with van der Waals surface area (Å²) in [5.41, 5.74) is 1.49. The number of hydrogen-bond donors (Lipinski definition) is 1. The maximum absolute atomic E-state index is 10.4. The highest BCUT2D eigenvalue weighted by Gasteiger charge is 2.40. The van der Waals surface area contributed by atoms with Gasteiger partial charge in [-0.25, -0.2) is 0 Å². The average Bonchev–Trinajstić information content (AvgIpc) is 2.94. The van der Waals surface area contributed by atoms with Gasteiger partial charge in [0.2, 0.25) is 0 Å². The molecule has 0 aliphatic carbocycles. The summed E-state index contributed by atoms with van der Waals surface area (Å²) >= 11 is 0. The molecule has 96 valence electrons. The molecule has 0 amide bonds. The van der Waals surface area contributed by atoms with Gasteiger partial charge >= 0.3 is 0 Å². The summed E-state index contributed by atoms with van der Waals surface area (Å²) in [6.07, 6.45) is 1.16. The van der Waals surface area contributed by atoms with Crippen LogP contribution in [0.5, 0.6) is 0 Å². The Hall–Kier alpha value is -1.32. The molecule has 1 fully saturated rings. The second-order valence-corrected chi connectivity index (χ2v) is 5.36. The van der Waals surface area contributed by atoms with Gasteiger partial charge < -0.3 is 14.3 Å². The summed E-state index contributed by atoms with van der Waals surface area (Å²) in [5.74, 6) is 0.597. The van der Waals surface area contributed by atoms with E-state index < -0.39 is 11.7 Å². The zero-order valence-electron chi connectivity index (χ0n) is 10.8. The van der Waals surface area contributed by atoms with Gasteiger partial charge in [0.25, 0.3) is 0 Å². The summed E-state index contributed by atoms with van der Waals surface area (Å²) in [6, 6.07) is 7.93. The lowest BCUT2D eigenvalue weighted by Crippen LogP contribution is -2.31. The fraction of sp³-hybridized carbons (Fsp3) is 0.467. The Bertz CT molecular complexity index is 564. The van der Waals surface area contributed by atoms with Crippen molar-refractivity contribution in [3.63, 3.8) is 0 Å². The van der Waals surface area contributed by atoms with Crippen LogP contribution >= 0.6 is 0 Å². The van der Waals surface area contributed by atoms with Crippen molar-refractivity contribution in [2.24, 2.45) is 0 Å². The van der Waals surface area contributed by atoms with Crippen LogP contribution in [0.1, 0.15) is 37.2 Å². The van der Waals surface area contributed by atoms with Gasteiger partial charge in [-0.2, -0.15) is 0 Å². The first kappa shape index (κ1) is 11.8. The highest BCUT2D eigenvalue weighted by molar-refractivity contribution is 5.78. The highest BCUT2D eigenvalue weighted by atomic mass is 16.5. The van der Waals surface area contributed by atoms with E-state index in [0.717, 1.165) is 23.8 Å². The predicted molar refractivity (Wildman–Crippen MR) is 69.5 cm³/mol. The highest BCUT2D eigenvalue weighted by Crippen LogP contribution is 2.39. The van der Waals surface area contributed by atoms with Crippen molar-refractivity contribution in [2.75, 3.05) is 6.61 Å². The summed E-state index contributed by atoms with van der Waals surface area (Å²) in [7, 11) is 0. The number of aliphatic hydroxyl groups is 1. The van der Waals surface area contributed by atoms with Crippen molar-refractivity contribution in [3.05, 3.63) is 35.6 Å². The van der Waals surface area contributed by atoms with Gasteiger partial charge in [-0.3, -0.25) is 0 Å². The van der Waals surface area contributed by atoms with E-state index >= 15 is 0 Å². The summed E-state index contributed by atoms with van der Waals surface area (Å²) in [5, 5.41) is 11.5. The molecule has 0 spiro atoms. The minimum Gasteiger partial charge on any atom is -0.458 e. The fourth-order valence-electron chi connectivity index (χ4n) is 2.64. The number of rotatable bonds is 2. The van der Waals surface area contributed by atoms with Crippen LogP contribution in [-0.4, -0.2) is 17.3 Å². The summed E-state index contributed by atoms with van der Waals surface area (Å²) < 4.78 is 11.4. The number of aryl methyl sites for hydroxylation is 1. The number of hydrogen-bond acceptors (Lipinski definition) is 3. The number of benzene rings is 1. The number of fused-ring (bicyclic) bond motifs is 1. The average molecular weight is 246 g/mol. The molecule has 2 atom stereocenters. The zero-order valence-corrected chi connectivity index (χ0v) is 10.8. The molecule has 1 aromatic heterocycles. The molecule has 1 aliphatic rings. The lowest BCUT2D eigenvalue weighted by atomic mass is 9.94. The van der Waals surface area contributed by atoms with Crippen molar-refractivity contribution in [2.45, 2.75) is 38.4 Å². The monoisotopic (exact) mass is 246 g/mol. The first-order chi connectivity index (χ1) is 8.58. The van der Waals surface area contributed by atoms with Crippen LogP contribution in [0.25, 0.3) is 11.0 Å². The van der Waals surface area contributed by atoms with Crippen LogP contribution < -0.4 is 0 Å². The zero-order chi connectivity index (χ0) is 12.8. The van der Waals surface area contributed by atoms with E-state index in [1.165, 1.54) is 5.56 Å². The Kier molecular flexibility index (Phi) is 2.68. The molecule has 2 heterocycles. The lowest BCUT2D eigenvalue weighted by molar-refractivity contribution is -0.0869. The molecule has 3 rings (SSSR count). The molecule has 3 nitrogen and oxygen atoms in total. The van der Waals surface area contributed by atoms with Crippen molar-refractivity contribution < 1.29 is 14.3 Å². The third kappa shape index (κ3) is 1.84. The molecule has 18 heavy (non-hydrogen) atoms. The standard InChI is InChI=1S/C15H18O3/c1-10-4-5-12-11(8-10)9-13(18-12)14(16)15(2)6-3-7-17-15/h4-5,8-9,14,16H,3,6-7H2,1-2H3. The maximum Gasteiger partial charge on any atom is 0.140 e. The molecular weight excluding hydrogens is 228 g/mol. The quantitative estimate of drug-likeness (QED) is 0.883. The van der Waals surface area contributed by atoms with Crippen LogP contribution in [-0.2, 0) is 4.74 Å². The third-order valence-electron chi connectivity index (χ3n) is 3.79. The van der Waals surface area contributed by atoms with E-state index in [0.29, 0.717) is 12.4 Å². The summed E-state index contributed by atoms with van der Waals surface area (Å²) in [4.78, 5) is 0. The van der Waals surface area contributed by atoms with Gasteiger partial charge in [0.15, 0.2) is 0 Å². The normalized spacial score (nSPS) is 25.7. The third-order valence-corrected chi connectivity index (χ3v) is 3.79. The Labute approximate surface area is 106 Å². The Morgan fingerprint density at radius 2 is 2.17 bits per heavy atom. The largest absolute Gasteiger partial charge is 0.458 e. The van der Waals surface area contributed by atoms with Crippen molar-refractivity contribution in [3.8, 4) is 0 Å². The summed E-state index contributed by atoms with van der Waals surface area (Å²) in [6.45, 7) is 4.71. The molecule has 0 saturated carbocycles. The van der Waals surface area contributed by atoms with Crippen molar-refractivity contribution in [1.29, 1.82) is 0 Å². The van der Waals surface area contributed by atoms with Crippen LogP contribution in [0.2, 0.25) is 0 Å². The Morgan fingerprint density at radius 3 is 2.89 bits per heavy atom. The molecular formula is C15H18O3. The molecule has 0 radical (unpaired) electrons. The van der Waals surface area contributed by atoms with E-state index in [9.17, 15) is 5.11 Å². The minimum absolute atomic E-state index is 0.511. The first-order valence-corrected chi connectivity index (χ1v) is 6.41. The molecule has 1 N–H and O–H groups in total. The van der Waals surface area contributed by atoms with Crippen LogP contribution in [0.4, 0.5) is 0 Å². The van der Waals surface area contributed by atoms with Crippen LogP contribution in [0.15, 0.2) is 28.7 Å². The number of furan rings is 1. The smallest absolute Gasteiger partial charge is 0.140 e. The van der Waals surface area contributed by atoms with Gasteiger partial charge in [0, 0.05) is 12.0 Å². The van der Waals surface area contributed by atoms with E-state index in [2.05, 4.69) is 6.07 Å². The molecule has 1 aromatic carbocycles. The van der Waals surface area contributed by atoms with E-state index in [1.54, 1.807) is 0 Å². The van der Waals surface area contributed by atoms with E-state index in [1.807, 2.05) is 32.0 Å². The first-order valence-electron chi connectivity index (χ1n) is 6.41. The molecule has 1 saturated heterocycles. The lowest BCUT2D eigenvalue weighted by Gasteiger charge is -2.27. The maximum atomic E-state index is 10.4. The van der Waals surface area contributed by atoms with Crippen LogP contribution in [0, 0.1) is 6.92 Å². The number of aliphatic hydroxyl groups excluding tert-OH is 1. The van der Waals surface area contributed by atoms with E-state index in [4.69, 9.17) is 9.15 Å². The predicted octanol–water partition coefficient (Wildman–Crippen LogP) is 3.34. The minimum atomic E-state index is -0.701. The van der Waals surface area contributed by atoms with Gasteiger partial charge in [-0.05, 0) is 44.9 Å². The van der Waals surface area contributed by atoms with Crippen LogP contribution in [0.3, 0.4) is 0 Å². The van der Waals surface area contributed by atoms with Gasteiger partial charge in [-0.1, -0.05) is 11.6 Å². The number of ether oxygens (including phenoxy) is 1. The fourth-order valence-corrected chi connectivity index (χ4v) is 2.64. The van der Waals surface area contributed by atoms with Crippen molar-refractivity contribution >= 4 is 11.0 Å².